The molecule has 0 aliphatic heterocycles. The Labute approximate surface area is 114 Å². The Hall–Kier alpha value is -2.14. The lowest BCUT2D eigenvalue weighted by Crippen LogP contribution is -1.91. The minimum absolute atomic E-state index is 0.177. The number of nitrogens with zero attached hydrogens (tertiary/aromatic N) is 2. The third-order valence-corrected chi connectivity index (χ3v) is 3.64. The van der Waals surface area contributed by atoms with Gasteiger partial charge in [0.25, 0.3) is 5.89 Å². The zero-order valence-electron chi connectivity index (χ0n) is 10.3. The molecule has 5 heteroatoms. The molecule has 0 atom stereocenters. The van der Waals surface area contributed by atoms with Crippen LogP contribution in [0.2, 0.25) is 0 Å². The van der Waals surface area contributed by atoms with E-state index in [1.807, 2.05) is 12.1 Å². The van der Waals surface area contributed by atoms with E-state index in [-0.39, 0.29) is 5.75 Å². The summed E-state index contributed by atoms with van der Waals surface area (Å²) in [6.07, 6.45) is 0.622. The second kappa shape index (κ2) is 4.85. The zero-order valence-corrected chi connectivity index (χ0v) is 11.1. The van der Waals surface area contributed by atoms with E-state index in [0.717, 1.165) is 5.56 Å². The van der Waals surface area contributed by atoms with E-state index in [1.165, 1.54) is 16.9 Å². The molecule has 0 unspecified atom stereocenters. The van der Waals surface area contributed by atoms with E-state index in [1.54, 1.807) is 11.4 Å². The van der Waals surface area contributed by atoms with Gasteiger partial charge in [0.2, 0.25) is 0 Å². The molecule has 0 amide bonds. The lowest BCUT2D eigenvalue weighted by atomic mass is 10.1. The lowest BCUT2D eigenvalue weighted by Gasteiger charge is -1.97. The van der Waals surface area contributed by atoms with E-state index in [9.17, 15) is 5.11 Å². The van der Waals surface area contributed by atoms with Crippen LogP contribution in [0.5, 0.6) is 5.75 Å². The number of hydrogen-bond acceptors (Lipinski definition) is 5. The first-order chi connectivity index (χ1) is 9.22. The summed E-state index contributed by atoms with van der Waals surface area (Å²) in [6.45, 7) is 2.05. The molecule has 1 N–H and O–H groups in total. The summed E-state index contributed by atoms with van der Waals surface area (Å²) in [6, 6.07) is 9.81. The van der Waals surface area contributed by atoms with E-state index in [2.05, 4.69) is 29.2 Å². The van der Waals surface area contributed by atoms with Crippen LogP contribution in [-0.4, -0.2) is 15.2 Å². The molecule has 0 saturated heterocycles. The van der Waals surface area contributed by atoms with Crippen molar-refractivity contribution in [3.8, 4) is 16.5 Å². The maximum Gasteiger partial charge on any atom is 0.271 e. The molecule has 2 aromatic heterocycles. The third kappa shape index (κ3) is 2.51. The van der Waals surface area contributed by atoms with Crippen molar-refractivity contribution in [2.24, 2.45) is 0 Å². The summed E-state index contributed by atoms with van der Waals surface area (Å²) >= 11 is 1.38. The van der Waals surface area contributed by atoms with E-state index in [0.29, 0.717) is 23.0 Å². The highest BCUT2D eigenvalue weighted by atomic mass is 32.1. The molecule has 2 heterocycles. The number of aryl methyl sites for hydroxylation is 1. The molecule has 0 aliphatic carbocycles. The predicted molar refractivity (Wildman–Crippen MR) is 73.3 cm³/mol. The summed E-state index contributed by atoms with van der Waals surface area (Å²) in [5.74, 6) is 1.17. The standard InChI is InChI=1S/C14H12N2O2S/c1-9-3-2-4-10(7-9)8-12-15-14(18-16-12)13-11(17)5-6-19-13/h2-7,17H,8H2,1H3. The Kier molecular flexibility index (Phi) is 3.05. The first-order valence-corrected chi connectivity index (χ1v) is 6.75. The van der Waals surface area contributed by atoms with Crippen molar-refractivity contribution < 1.29 is 9.63 Å². The van der Waals surface area contributed by atoms with Crippen molar-refractivity contribution in [3.63, 3.8) is 0 Å². The molecule has 0 fully saturated rings. The molecule has 1 aromatic carbocycles. The number of hydrogen-bond donors (Lipinski definition) is 1. The number of aromatic nitrogens is 2. The molecule has 0 aliphatic rings. The molecule has 0 bridgehead atoms. The first-order valence-electron chi connectivity index (χ1n) is 5.87. The minimum atomic E-state index is 0.177. The van der Waals surface area contributed by atoms with Crippen LogP contribution in [0.25, 0.3) is 10.8 Å². The van der Waals surface area contributed by atoms with Crippen molar-refractivity contribution in [3.05, 3.63) is 52.7 Å². The number of aromatic hydroxyl groups is 1. The lowest BCUT2D eigenvalue weighted by molar-refractivity contribution is 0.420. The van der Waals surface area contributed by atoms with Gasteiger partial charge in [-0.25, -0.2) is 0 Å². The average molecular weight is 272 g/mol. The fourth-order valence-electron chi connectivity index (χ4n) is 1.89. The van der Waals surface area contributed by atoms with Crippen LogP contribution in [0.15, 0.2) is 40.2 Å². The van der Waals surface area contributed by atoms with Crippen LogP contribution in [0.3, 0.4) is 0 Å². The Morgan fingerprint density at radius 2 is 2.21 bits per heavy atom. The van der Waals surface area contributed by atoms with Gasteiger partial charge >= 0.3 is 0 Å². The SMILES string of the molecule is Cc1cccc(Cc2noc(-c3sccc3O)n2)c1. The molecule has 3 rings (SSSR count). The maximum atomic E-state index is 9.62. The molecular weight excluding hydrogens is 260 g/mol. The van der Waals surface area contributed by atoms with Gasteiger partial charge in [-0.05, 0) is 23.9 Å². The molecule has 0 saturated carbocycles. The summed E-state index contributed by atoms with van der Waals surface area (Å²) in [5.41, 5.74) is 2.35. The highest BCUT2D eigenvalue weighted by Crippen LogP contribution is 2.33. The van der Waals surface area contributed by atoms with E-state index >= 15 is 0 Å². The zero-order chi connectivity index (χ0) is 13.2. The molecule has 4 nitrogen and oxygen atoms in total. The van der Waals surface area contributed by atoms with Crippen LogP contribution >= 0.6 is 11.3 Å². The van der Waals surface area contributed by atoms with Gasteiger partial charge in [-0.3, -0.25) is 0 Å². The number of rotatable bonds is 3. The molecular formula is C14H12N2O2S. The largest absolute Gasteiger partial charge is 0.506 e. The fraction of sp³-hybridized carbons (Fsp3) is 0.143. The molecule has 3 aromatic rings. The van der Waals surface area contributed by atoms with Gasteiger partial charge < -0.3 is 9.63 Å². The summed E-state index contributed by atoms with van der Waals surface area (Å²) in [7, 11) is 0. The molecule has 96 valence electrons. The topological polar surface area (TPSA) is 59.2 Å². The third-order valence-electron chi connectivity index (χ3n) is 2.75. The van der Waals surface area contributed by atoms with Crippen molar-refractivity contribution in [2.45, 2.75) is 13.3 Å². The van der Waals surface area contributed by atoms with Gasteiger partial charge in [0.15, 0.2) is 5.82 Å². The van der Waals surface area contributed by atoms with Crippen LogP contribution in [-0.2, 0) is 6.42 Å². The van der Waals surface area contributed by atoms with Crippen molar-refractivity contribution in [1.29, 1.82) is 0 Å². The Morgan fingerprint density at radius 3 is 2.95 bits per heavy atom. The van der Waals surface area contributed by atoms with Gasteiger partial charge in [-0.1, -0.05) is 35.0 Å². The Balaban J connectivity index is 1.84. The smallest absolute Gasteiger partial charge is 0.271 e. The van der Waals surface area contributed by atoms with Crippen molar-refractivity contribution in [2.75, 3.05) is 0 Å². The second-order valence-electron chi connectivity index (χ2n) is 4.32. The van der Waals surface area contributed by atoms with Crippen LogP contribution in [0.4, 0.5) is 0 Å². The van der Waals surface area contributed by atoms with Gasteiger partial charge in [0.1, 0.15) is 10.6 Å². The highest BCUT2D eigenvalue weighted by molar-refractivity contribution is 7.13. The number of benzene rings is 1. The first kappa shape index (κ1) is 11.9. The normalized spacial score (nSPS) is 10.8. The average Bonchev–Trinajstić information content (AvgIpc) is 2.98. The van der Waals surface area contributed by atoms with Gasteiger partial charge in [0.05, 0.1) is 0 Å². The maximum absolute atomic E-state index is 9.62. The molecule has 0 spiro atoms. The van der Waals surface area contributed by atoms with Crippen LogP contribution < -0.4 is 0 Å². The van der Waals surface area contributed by atoms with Gasteiger partial charge in [-0.15, -0.1) is 11.3 Å². The predicted octanol–water partition coefficient (Wildman–Crippen LogP) is 3.40. The monoisotopic (exact) mass is 272 g/mol. The van der Waals surface area contributed by atoms with Gasteiger partial charge in [-0.2, -0.15) is 4.98 Å². The second-order valence-corrected chi connectivity index (χ2v) is 5.23. The van der Waals surface area contributed by atoms with Crippen LogP contribution in [0.1, 0.15) is 17.0 Å². The summed E-state index contributed by atoms with van der Waals surface area (Å²) in [4.78, 5) is 4.93. The van der Waals surface area contributed by atoms with Crippen molar-refractivity contribution >= 4 is 11.3 Å². The summed E-state index contributed by atoms with van der Waals surface area (Å²) < 4.78 is 5.18. The Morgan fingerprint density at radius 1 is 1.32 bits per heavy atom. The Bertz CT molecular complexity index is 703. The van der Waals surface area contributed by atoms with Crippen molar-refractivity contribution in [1.82, 2.24) is 10.1 Å². The fourth-order valence-corrected chi connectivity index (χ4v) is 2.59. The summed E-state index contributed by atoms with van der Waals surface area (Å²) in [5, 5.41) is 15.4. The van der Waals surface area contributed by atoms with Gasteiger partial charge in [0, 0.05) is 6.42 Å². The van der Waals surface area contributed by atoms with E-state index in [4.69, 9.17) is 4.52 Å². The highest BCUT2D eigenvalue weighted by Gasteiger charge is 2.14. The quantitative estimate of drug-likeness (QED) is 0.793. The number of thiophene rings is 1. The molecule has 19 heavy (non-hydrogen) atoms. The van der Waals surface area contributed by atoms with E-state index < -0.39 is 0 Å². The van der Waals surface area contributed by atoms with Crippen LogP contribution in [0, 0.1) is 6.92 Å². The molecule has 0 radical (unpaired) electrons. The minimum Gasteiger partial charge on any atom is -0.506 e.